The van der Waals surface area contributed by atoms with Crippen molar-refractivity contribution in [3.63, 3.8) is 0 Å². The van der Waals surface area contributed by atoms with E-state index in [0.717, 1.165) is 16.5 Å². The number of imide groups is 1. The van der Waals surface area contributed by atoms with Crippen molar-refractivity contribution in [2.45, 2.75) is 25.3 Å². The third-order valence-electron chi connectivity index (χ3n) is 6.28. The Morgan fingerprint density at radius 2 is 1.68 bits per heavy atom. The molecule has 0 spiro atoms. The second kappa shape index (κ2) is 7.91. The van der Waals surface area contributed by atoms with Gasteiger partial charge < -0.3 is 14.8 Å². The first-order valence-electron chi connectivity index (χ1n) is 10.6. The molecule has 2 fully saturated rings. The maximum Gasteiger partial charge on any atom is 0.332 e. The Kier molecular flexibility index (Phi) is 4.94. The van der Waals surface area contributed by atoms with Gasteiger partial charge in [-0.1, -0.05) is 36.4 Å². The van der Waals surface area contributed by atoms with Gasteiger partial charge in [0.25, 0.3) is 5.91 Å². The van der Waals surface area contributed by atoms with Crippen LogP contribution in [0.3, 0.4) is 0 Å². The number of H-pyrrole nitrogens is 1. The van der Waals surface area contributed by atoms with Gasteiger partial charge in [0.1, 0.15) is 6.54 Å². The molecule has 0 radical (unpaired) electrons. The zero-order valence-corrected chi connectivity index (χ0v) is 17.2. The highest BCUT2D eigenvalue weighted by Crippen LogP contribution is 2.27. The van der Waals surface area contributed by atoms with E-state index in [1.54, 1.807) is 17.0 Å². The molecule has 0 aliphatic carbocycles. The van der Waals surface area contributed by atoms with Crippen LogP contribution in [-0.2, 0) is 16.0 Å². The van der Waals surface area contributed by atoms with Gasteiger partial charge in [-0.25, -0.2) is 9.69 Å². The lowest BCUT2D eigenvalue weighted by atomic mass is 10.0. The molecule has 1 aromatic heterocycles. The molecule has 5 rings (SSSR count). The number of benzene rings is 2. The van der Waals surface area contributed by atoms with E-state index in [4.69, 9.17) is 0 Å². The molecule has 0 atom stereocenters. The van der Waals surface area contributed by atoms with Crippen LogP contribution in [0, 0.1) is 0 Å². The molecular formula is C24H24N4O3. The number of nitrogens with one attached hydrogen (secondary N) is 1. The molecule has 3 heterocycles. The standard InChI is InChI=1S/C24H24N4O3/c29-22(14-17-15-25-21-9-5-4-8-20(17)21)26-12-10-18(11-13-26)27-16-23(30)28(24(27)31)19-6-2-1-3-7-19/h1-9,15,18,25H,10-14,16H2. The van der Waals surface area contributed by atoms with Crippen LogP contribution in [0.5, 0.6) is 0 Å². The first-order chi connectivity index (χ1) is 15.1. The van der Waals surface area contributed by atoms with Crippen molar-refractivity contribution in [2.75, 3.05) is 24.5 Å². The summed E-state index contributed by atoms with van der Waals surface area (Å²) in [7, 11) is 0. The number of aromatic amines is 1. The molecule has 7 nitrogen and oxygen atoms in total. The summed E-state index contributed by atoms with van der Waals surface area (Å²) in [5.74, 6) is -0.105. The van der Waals surface area contributed by atoms with Gasteiger partial charge in [-0.2, -0.15) is 0 Å². The molecule has 3 aromatic rings. The summed E-state index contributed by atoms with van der Waals surface area (Å²) >= 11 is 0. The fourth-order valence-electron chi connectivity index (χ4n) is 4.62. The molecule has 158 valence electrons. The van der Waals surface area contributed by atoms with Crippen LogP contribution in [0.15, 0.2) is 60.8 Å². The largest absolute Gasteiger partial charge is 0.361 e. The number of hydrogen-bond donors (Lipinski definition) is 1. The molecular weight excluding hydrogens is 392 g/mol. The summed E-state index contributed by atoms with van der Waals surface area (Å²) in [5.41, 5.74) is 2.64. The molecule has 2 saturated heterocycles. The minimum atomic E-state index is -0.264. The second-order valence-corrected chi connectivity index (χ2v) is 8.12. The number of nitrogens with zero attached hydrogens (tertiary/aromatic N) is 3. The Bertz CT molecular complexity index is 1130. The summed E-state index contributed by atoms with van der Waals surface area (Å²) in [6.07, 6.45) is 3.63. The van der Waals surface area contributed by atoms with E-state index in [2.05, 4.69) is 4.98 Å². The fraction of sp³-hybridized carbons (Fsp3) is 0.292. The fourth-order valence-corrected chi connectivity index (χ4v) is 4.62. The van der Waals surface area contributed by atoms with E-state index >= 15 is 0 Å². The highest BCUT2D eigenvalue weighted by atomic mass is 16.2. The smallest absolute Gasteiger partial charge is 0.332 e. The van der Waals surface area contributed by atoms with Crippen molar-refractivity contribution in [1.29, 1.82) is 0 Å². The maximum absolute atomic E-state index is 12.9. The number of piperidine rings is 1. The molecule has 2 aliphatic rings. The van der Waals surface area contributed by atoms with E-state index < -0.39 is 0 Å². The lowest BCUT2D eigenvalue weighted by Gasteiger charge is -2.36. The number of hydrogen-bond acceptors (Lipinski definition) is 3. The van der Waals surface area contributed by atoms with Gasteiger partial charge in [-0.3, -0.25) is 9.59 Å². The SMILES string of the molecule is O=C(Cc1c[nH]c2ccccc12)N1CCC(N2CC(=O)N(c3ccccc3)C2=O)CC1. The van der Waals surface area contributed by atoms with E-state index in [-0.39, 0.29) is 30.4 Å². The topological polar surface area (TPSA) is 76.7 Å². The quantitative estimate of drug-likeness (QED) is 0.664. The monoisotopic (exact) mass is 416 g/mol. The first-order valence-corrected chi connectivity index (χ1v) is 10.6. The van der Waals surface area contributed by atoms with Crippen molar-refractivity contribution in [3.8, 4) is 0 Å². The van der Waals surface area contributed by atoms with Crippen LogP contribution in [-0.4, -0.2) is 58.3 Å². The van der Waals surface area contributed by atoms with Gasteiger partial charge in [0.05, 0.1) is 12.1 Å². The Balaban J connectivity index is 1.21. The molecule has 2 aliphatic heterocycles. The highest BCUT2D eigenvalue weighted by Gasteiger charge is 2.41. The first kappa shape index (κ1) is 19.4. The Hall–Kier alpha value is -3.61. The number of carbonyl (C=O) groups is 3. The van der Waals surface area contributed by atoms with E-state index in [0.29, 0.717) is 38.0 Å². The average Bonchev–Trinajstić information content (AvgIpc) is 3.34. The van der Waals surface area contributed by atoms with Crippen LogP contribution in [0.2, 0.25) is 0 Å². The van der Waals surface area contributed by atoms with Gasteiger partial charge in [0.15, 0.2) is 0 Å². The molecule has 31 heavy (non-hydrogen) atoms. The van der Waals surface area contributed by atoms with Crippen LogP contribution in [0.1, 0.15) is 18.4 Å². The van der Waals surface area contributed by atoms with Crippen LogP contribution >= 0.6 is 0 Å². The van der Waals surface area contributed by atoms with E-state index in [1.807, 2.05) is 53.6 Å². The Labute approximate surface area is 180 Å². The number of amides is 4. The third-order valence-corrected chi connectivity index (χ3v) is 6.28. The number of carbonyl (C=O) groups excluding carboxylic acids is 3. The Morgan fingerprint density at radius 3 is 2.45 bits per heavy atom. The lowest BCUT2D eigenvalue weighted by Crippen LogP contribution is -2.48. The van der Waals surface area contributed by atoms with Crippen molar-refractivity contribution >= 4 is 34.4 Å². The zero-order valence-electron chi connectivity index (χ0n) is 17.2. The summed E-state index contributed by atoms with van der Waals surface area (Å²) in [5, 5.41) is 1.08. The van der Waals surface area contributed by atoms with Crippen LogP contribution in [0.4, 0.5) is 10.5 Å². The Morgan fingerprint density at radius 1 is 0.968 bits per heavy atom. The number of urea groups is 1. The van der Waals surface area contributed by atoms with E-state index in [1.165, 1.54) is 4.90 Å². The molecule has 1 N–H and O–H groups in total. The minimum absolute atomic E-state index is 0.0256. The number of anilines is 1. The number of aromatic nitrogens is 1. The normalized spacial score (nSPS) is 17.7. The lowest BCUT2D eigenvalue weighted by molar-refractivity contribution is -0.132. The number of rotatable bonds is 4. The van der Waals surface area contributed by atoms with Gasteiger partial charge in [-0.15, -0.1) is 0 Å². The summed E-state index contributed by atoms with van der Waals surface area (Å²) in [6, 6.07) is 16.7. The minimum Gasteiger partial charge on any atom is -0.361 e. The van der Waals surface area contributed by atoms with Gasteiger partial charge in [0.2, 0.25) is 5.91 Å². The number of fused-ring (bicyclic) bond motifs is 1. The van der Waals surface area contributed by atoms with Crippen LogP contribution in [0.25, 0.3) is 10.9 Å². The highest BCUT2D eigenvalue weighted by molar-refractivity contribution is 6.19. The van der Waals surface area contributed by atoms with Gasteiger partial charge in [-0.05, 0) is 36.6 Å². The summed E-state index contributed by atoms with van der Waals surface area (Å²) in [4.78, 5) is 46.3. The molecule has 0 unspecified atom stereocenters. The summed E-state index contributed by atoms with van der Waals surface area (Å²) < 4.78 is 0. The van der Waals surface area contributed by atoms with Crippen molar-refractivity contribution in [1.82, 2.24) is 14.8 Å². The predicted molar refractivity (Wildman–Crippen MR) is 118 cm³/mol. The van der Waals surface area contributed by atoms with Gasteiger partial charge >= 0.3 is 6.03 Å². The molecule has 4 amide bonds. The van der Waals surface area contributed by atoms with E-state index in [9.17, 15) is 14.4 Å². The predicted octanol–water partition coefficient (Wildman–Crippen LogP) is 3.17. The zero-order chi connectivity index (χ0) is 21.4. The molecule has 0 saturated carbocycles. The molecule has 2 aromatic carbocycles. The number of para-hydroxylation sites is 2. The number of likely N-dealkylation sites (tertiary alicyclic amines) is 1. The molecule has 0 bridgehead atoms. The van der Waals surface area contributed by atoms with Crippen molar-refractivity contribution in [2.24, 2.45) is 0 Å². The second-order valence-electron chi connectivity index (χ2n) is 8.12. The van der Waals surface area contributed by atoms with Crippen molar-refractivity contribution < 1.29 is 14.4 Å². The van der Waals surface area contributed by atoms with Crippen molar-refractivity contribution in [3.05, 3.63) is 66.4 Å². The third kappa shape index (κ3) is 3.56. The summed E-state index contributed by atoms with van der Waals surface area (Å²) in [6.45, 7) is 1.28. The van der Waals surface area contributed by atoms with Crippen LogP contribution < -0.4 is 4.90 Å². The molecule has 7 heteroatoms. The van der Waals surface area contributed by atoms with Gasteiger partial charge in [0, 0.05) is 36.2 Å². The average molecular weight is 416 g/mol. The maximum atomic E-state index is 12.9.